The zero-order valence-corrected chi connectivity index (χ0v) is 17.0. The van der Waals surface area contributed by atoms with Crippen LogP contribution in [0.5, 0.6) is 0 Å². The lowest BCUT2D eigenvalue weighted by Crippen LogP contribution is -2.31. The summed E-state index contributed by atoms with van der Waals surface area (Å²) in [5, 5.41) is 3.98. The van der Waals surface area contributed by atoms with Crippen LogP contribution in [0.3, 0.4) is 0 Å². The number of fused-ring (bicyclic) bond motifs is 3. The van der Waals surface area contributed by atoms with Gasteiger partial charge in [0.25, 0.3) is 5.56 Å². The van der Waals surface area contributed by atoms with E-state index in [1.54, 1.807) is 23.0 Å². The van der Waals surface area contributed by atoms with Crippen molar-refractivity contribution in [2.45, 2.75) is 43.1 Å². The number of hydrogen-bond acceptors (Lipinski definition) is 5. The summed E-state index contributed by atoms with van der Waals surface area (Å²) in [6, 6.07) is 9.81. The van der Waals surface area contributed by atoms with Crippen LogP contribution in [0.25, 0.3) is 10.2 Å². The van der Waals surface area contributed by atoms with Gasteiger partial charge in [-0.1, -0.05) is 42.1 Å². The molecular formula is C20H21N3O2S2. The first-order valence-electron chi connectivity index (χ1n) is 9.04. The molecule has 140 valence electrons. The van der Waals surface area contributed by atoms with Crippen LogP contribution in [0, 0.1) is 0 Å². The van der Waals surface area contributed by atoms with E-state index in [-0.39, 0.29) is 16.7 Å². The number of carbonyl (C=O) groups is 1. The van der Waals surface area contributed by atoms with Crippen LogP contribution < -0.4 is 10.9 Å². The Morgan fingerprint density at radius 2 is 2.11 bits per heavy atom. The van der Waals surface area contributed by atoms with Crippen LogP contribution in [-0.4, -0.2) is 20.7 Å². The molecular weight excluding hydrogens is 378 g/mol. The van der Waals surface area contributed by atoms with Crippen LogP contribution in [0.4, 0.5) is 0 Å². The second-order valence-electron chi connectivity index (χ2n) is 6.76. The summed E-state index contributed by atoms with van der Waals surface area (Å²) in [6.45, 7) is 2.34. The van der Waals surface area contributed by atoms with Crippen molar-refractivity contribution >= 4 is 39.2 Å². The lowest BCUT2D eigenvalue weighted by atomic mass is 10.2. The van der Waals surface area contributed by atoms with Crippen molar-refractivity contribution in [1.82, 2.24) is 14.9 Å². The molecule has 5 nitrogen and oxygen atoms in total. The molecule has 1 unspecified atom stereocenters. The van der Waals surface area contributed by atoms with Gasteiger partial charge in [0.1, 0.15) is 4.83 Å². The average molecular weight is 400 g/mol. The van der Waals surface area contributed by atoms with Gasteiger partial charge in [0.05, 0.1) is 10.6 Å². The number of aryl methyl sites for hydroxylation is 2. The highest BCUT2D eigenvalue weighted by Crippen LogP contribution is 2.35. The van der Waals surface area contributed by atoms with Crippen molar-refractivity contribution in [2.75, 3.05) is 0 Å². The number of nitrogens with one attached hydrogen (secondary N) is 1. The molecule has 1 atom stereocenters. The maximum absolute atomic E-state index is 12.8. The predicted molar refractivity (Wildman–Crippen MR) is 110 cm³/mol. The van der Waals surface area contributed by atoms with Gasteiger partial charge in [0.2, 0.25) is 5.91 Å². The molecule has 0 fully saturated rings. The zero-order chi connectivity index (χ0) is 19.0. The minimum absolute atomic E-state index is 0.00112. The molecule has 0 bridgehead atoms. The van der Waals surface area contributed by atoms with E-state index < -0.39 is 0 Å². The van der Waals surface area contributed by atoms with E-state index in [1.807, 2.05) is 37.3 Å². The molecule has 1 amide bonds. The summed E-state index contributed by atoms with van der Waals surface area (Å²) in [6.07, 6.45) is 3.13. The Bertz CT molecular complexity index is 1060. The van der Waals surface area contributed by atoms with E-state index in [0.717, 1.165) is 35.0 Å². The third-order valence-electron chi connectivity index (χ3n) is 4.87. The van der Waals surface area contributed by atoms with E-state index in [2.05, 4.69) is 5.32 Å². The molecule has 0 saturated heterocycles. The zero-order valence-electron chi connectivity index (χ0n) is 15.3. The maximum atomic E-state index is 12.8. The second kappa shape index (κ2) is 7.48. The third-order valence-corrected chi connectivity index (χ3v) is 7.20. The smallest absolute Gasteiger partial charge is 0.262 e. The largest absolute Gasteiger partial charge is 0.351 e. The number of hydrogen-bond donors (Lipinski definition) is 1. The summed E-state index contributed by atoms with van der Waals surface area (Å²) in [5.74, 6) is -0.0631. The quantitative estimate of drug-likeness (QED) is 0.528. The molecule has 3 aromatic rings. The average Bonchev–Trinajstić information content (AvgIpc) is 3.25. The van der Waals surface area contributed by atoms with Crippen LogP contribution in [-0.2, 0) is 31.2 Å². The molecule has 0 spiro atoms. The van der Waals surface area contributed by atoms with E-state index >= 15 is 0 Å². The van der Waals surface area contributed by atoms with Gasteiger partial charge in [-0.15, -0.1) is 11.3 Å². The first kappa shape index (κ1) is 18.3. The lowest BCUT2D eigenvalue weighted by molar-refractivity contribution is -0.120. The van der Waals surface area contributed by atoms with Gasteiger partial charge in [0.15, 0.2) is 5.16 Å². The third kappa shape index (κ3) is 3.53. The Kier molecular flexibility index (Phi) is 5.06. The maximum Gasteiger partial charge on any atom is 0.262 e. The van der Waals surface area contributed by atoms with Gasteiger partial charge in [0, 0.05) is 18.5 Å². The second-order valence-corrected chi connectivity index (χ2v) is 9.15. The van der Waals surface area contributed by atoms with E-state index in [1.165, 1.54) is 22.2 Å². The van der Waals surface area contributed by atoms with Gasteiger partial charge >= 0.3 is 0 Å². The summed E-state index contributed by atoms with van der Waals surface area (Å²) in [7, 11) is 1.74. The number of nitrogens with zero attached hydrogens (tertiary/aromatic N) is 2. The molecule has 7 heteroatoms. The summed E-state index contributed by atoms with van der Waals surface area (Å²) < 4.78 is 1.58. The number of rotatable bonds is 5. The Morgan fingerprint density at radius 1 is 1.33 bits per heavy atom. The molecule has 1 aromatic carbocycles. The van der Waals surface area contributed by atoms with Gasteiger partial charge in [-0.25, -0.2) is 4.98 Å². The normalized spacial score (nSPS) is 14.3. The van der Waals surface area contributed by atoms with Crippen molar-refractivity contribution in [3.63, 3.8) is 0 Å². The number of thiophene rings is 1. The fourth-order valence-electron chi connectivity index (χ4n) is 3.35. The van der Waals surface area contributed by atoms with Gasteiger partial charge in [-0.3, -0.25) is 14.2 Å². The number of amides is 1. The summed E-state index contributed by atoms with van der Waals surface area (Å²) in [4.78, 5) is 32.1. The summed E-state index contributed by atoms with van der Waals surface area (Å²) >= 11 is 2.96. The molecule has 0 aliphatic heterocycles. The highest BCUT2D eigenvalue weighted by atomic mass is 32.2. The fraction of sp³-hybridized carbons (Fsp3) is 0.350. The van der Waals surface area contributed by atoms with Gasteiger partial charge in [-0.2, -0.15) is 0 Å². The van der Waals surface area contributed by atoms with Crippen LogP contribution >= 0.6 is 23.1 Å². The number of aromatic nitrogens is 2. The topological polar surface area (TPSA) is 64.0 Å². The van der Waals surface area contributed by atoms with E-state index in [4.69, 9.17) is 4.98 Å². The first-order valence-corrected chi connectivity index (χ1v) is 10.7. The van der Waals surface area contributed by atoms with E-state index in [0.29, 0.717) is 11.7 Å². The summed E-state index contributed by atoms with van der Waals surface area (Å²) in [5.41, 5.74) is 2.25. The molecule has 2 aromatic heterocycles. The highest BCUT2D eigenvalue weighted by Gasteiger charge is 2.24. The van der Waals surface area contributed by atoms with Crippen LogP contribution in [0.2, 0.25) is 0 Å². The standard InChI is InChI=1S/C20H21N3O2S2/c1-12(17(24)21-11-13-7-4-3-5-8-13)26-20-22-18-16(19(25)23(20)2)14-9-6-10-15(14)27-18/h3-5,7-8,12H,6,9-11H2,1-2H3,(H,21,24). The first-order chi connectivity index (χ1) is 13.0. The van der Waals surface area contributed by atoms with Crippen molar-refractivity contribution < 1.29 is 4.79 Å². The van der Waals surface area contributed by atoms with E-state index in [9.17, 15) is 9.59 Å². The molecule has 2 heterocycles. The monoisotopic (exact) mass is 399 g/mol. The van der Waals surface area contributed by atoms with Gasteiger partial charge in [-0.05, 0) is 37.3 Å². The Hall–Kier alpha value is -2.12. The lowest BCUT2D eigenvalue weighted by Gasteiger charge is -2.13. The molecule has 1 aliphatic carbocycles. The SMILES string of the molecule is CC(Sc1nc2sc3c(c2c(=O)n1C)CCC3)C(=O)NCc1ccccc1. The minimum atomic E-state index is -0.337. The van der Waals surface area contributed by atoms with Crippen molar-refractivity contribution in [3.05, 3.63) is 56.7 Å². The molecule has 1 N–H and O–H groups in total. The number of thioether (sulfide) groups is 1. The van der Waals surface area contributed by atoms with Crippen molar-refractivity contribution in [2.24, 2.45) is 7.05 Å². The van der Waals surface area contributed by atoms with Crippen LogP contribution in [0.15, 0.2) is 40.3 Å². The number of benzene rings is 1. The molecule has 27 heavy (non-hydrogen) atoms. The molecule has 0 radical (unpaired) electrons. The number of carbonyl (C=O) groups excluding carboxylic acids is 1. The van der Waals surface area contributed by atoms with Crippen LogP contribution in [0.1, 0.15) is 29.3 Å². The minimum Gasteiger partial charge on any atom is -0.351 e. The Labute approximate surface area is 165 Å². The fourth-order valence-corrected chi connectivity index (χ4v) is 5.55. The van der Waals surface area contributed by atoms with Crippen molar-refractivity contribution in [3.8, 4) is 0 Å². The van der Waals surface area contributed by atoms with Crippen molar-refractivity contribution in [1.29, 1.82) is 0 Å². The molecule has 4 rings (SSSR count). The Morgan fingerprint density at radius 3 is 2.89 bits per heavy atom. The highest BCUT2D eigenvalue weighted by molar-refractivity contribution is 8.00. The van der Waals surface area contributed by atoms with Gasteiger partial charge < -0.3 is 5.32 Å². The Balaban J connectivity index is 1.52. The molecule has 1 aliphatic rings. The predicted octanol–water partition coefficient (Wildman–Crippen LogP) is 3.28. The molecule has 0 saturated carbocycles.